The van der Waals surface area contributed by atoms with Crippen LogP contribution in [0.2, 0.25) is 5.02 Å². The fraction of sp³-hybridized carbons (Fsp3) is 0.440. The highest BCUT2D eigenvalue weighted by molar-refractivity contribution is 6.36. The molecule has 0 radical (unpaired) electrons. The van der Waals surface area contributed by atoms with E-state index in [4.69, 9.17) is 21.1 Å². The number of ether oxygens (including phenoxy) is 2. The summed E-state index contributed by atoms with van der Waals surface area (Å²) in [6.45, 7) is 0.997. The standard InChI is InChI=1S/C25H27ClN10O4/c1-39-6-7-40-25(38)32-17-4-5-35(13-20(17)37)19-9-14(10-27)8-18(21(19)26)31-24-33-22(30-15-2-3-15)23-29-12-16(11-28)36(23)34-24/h8-9,12,15,17,20,37H,2-7,13H2,1H3,(H,32,38)(H2,30,31,33,34). The second-order valence-corrected chi connectivity index (χ2v) is 9.85. The third-order valence-electron chi connectivity index (χ3n) is 6.57. The Kier molecular flexibility index (Phi) is 8.02. The molecule has 40 heavy (non-hydrogen) atoms. The van der Waals surface area contributed by atoms with E-state index in [9.17, 15) is 20.4 Å². The number of β-amino-alcohol motifs (C(OH)–C–C–N with tert-alkyl or cyclic N) is 1. The topological polar surface area (TPSA) is 186 Å². The van der Waals surface area contributed by atoms with Crippen molar-refractivity contribution in [1.29, 1.82) is 10.5 Å². The van der Waals surface area contributed by atoms with Crippen LogP contribution in [0.3, 0.4) is 0 Å². The Morgan fingerprint density at radius 3 is 2.77 bits per heavy atom. The number of halogens is 1. The van der Waals surface area contributed by atoms with Gasteiger partial charge in [0.2, 0.25) is 5.95 Å². The molecule has 2 aliphatic rings. The zero-order valence-corrected chi connectivity index (χ0v) is 22.4. The highest BCUT2D eigenvalue weighted by Crippen LogP contribution is 2.37. The SMILES string of the molecule is COCCOC(=O)NC1CCN(c2cc(C#N)cc(Nc3nc(NC4CC4)c4ncc(C#N)n4n3)c2Cl)CC1O. The van der Waals surface area contributed by atoms with Gasteiger partial charge in [0.25, 0.3) is 0 Å². The molecule has 1 aliphatic carbocycles. The van der Waals surface area contributed by atoms with E-state index in [1.165, 1.54) is 17.8 Å². The molecular formula is C25H27ClN10O4. The third-order valence-corrected chi connectivity index (χ3v) is 6.97. The van der Waals surface area contributed by atoms with Crippen molar-refractivity contribution in [3.8, 4) is 12.1 Å². The third kappa shape index (κ3) is 5.94. The number of nitrogens with one attached hydrogen (secondary N) is 3. The Morgan fingerprint density at radius 1 is 1.25 bits per heavy atom. The molecule has 14 nitrogen and oxygen atoms in total. The number of aliphatic hydroxyl groups is 1. The van der Waals surface area contributed by atoms with Crippen LogP contribution in [0.15, 0.2) is 18.3 Å². The van der Waals surface area contributed by atoms with E-state index >= 15 is 0 Å². The van der Waals surface area contributed by atoms with Crippen molar-refractivity contribution in [2.45, 2.75) is 37.5 Å². The highest BCUT2D eigenvalue weighted by Gasteiger charge is 2.31. The number of fused-ring (bicyclic) bond motifs is 1. The molecular weight excluding hydrogens is 540 g/mol. The van der Waals surface area contributed by atoms with Gasteiger partial charge >= 0.3 is 6.09 Å². The van der Waals surface area contributed by atoms with Crippen molar-refractivity contribution in [1.82, 2.24) is 24.9 Å². The normalized spacial score (nSPS) is 18.6. The van der Waals surface area contributed by atoms with Gasteiger partial charge in [0.05, 0.1) is 53.0 Å². The molecule has 2 aromatic heterocycles. The van der Waals surface area contributed by atoms with Crippen LogP contribution < -0.4 is 20.9 Å². The number of hydrogen-bond acceptors (Lipinski definition) is 12. The predicted molar refractivity (Wildman–Crippen MR) is 145 cm³/mol. The van der Waals surface area contributed by atoms with Crippen LogP contribution in [-0.2, 0) is 9.47 Å². The number of carbonyl (C=O) groups is 1. The number of imidazole rings is 1. The molecule has 3 aromatic rings. The lowest BCUT2D eigenvalue weighted by atomic mass is 10.0. The first kappa shape index (κ1) is 27.2. The van der Waals surface area contributed by atoms with Crippen LogP contribution >= 0.6 is 11.6 Å². The minimum Gasteiger partial charge on any atom is -0.447 e. The molecule has 15 heteroatoms. The van der Waals surface area contributed by atoms with Crippen LogP contribution in [0.4, 0.5) is 27.9 Å². The van der Waals surface area contributed by atoms with Gasteiger partial charge in [-0.1, -0.05) is 11.6 Å². The molecule has 5 rings (SSSR count). The lowest BCUT2D eigenvalue weighted by Gasteiger charge is -2.38. The van der Waals surface area contributed by atoms with Crippen LogP contribution in [0.5, 0.6) is 0 Å². The van der Waals surface area contributed by atoms with E-state index in [1.807, 2.05) is 4.90 Å². The zero-order valence-electron chi connectivity index (χ0n) is 21.6. The Morgan fingerprint density at radius 2 is 2.08 bits per heavy atom. The van der Waals surface area contributed by atoms with E-state index in [-0.39, 0.29) is 37.4 Å². The molecule has 0 spiro atoms. The van der Waals surface area contributed by atoms with Gasteiger partial charge < -0.3 is 35.4 Å². The summed E-state index contributed by atoms with van der Waals surface area (Å²) in [5.74, 6) is 0.635. The van der Waals surface area contributed by atoms with Gasteiger partial charge in [-0.25, -0.2) is 9.78 Å². The van der Waals surface area contributed by atoms with Gasteiger partial charge in [-0.2, -0.15) is 20.0 Å². The summed E-state index contributed by atoms with van der Waals surface area (Å²) in [6, 6.07) is 7.19. The van der Waals surface area contributed by atoms with E-state index in [0.29, 0.717) is 46.4 Å². The number of nitrogens with zero attached hydrogens (tertiary/aromatic N) is 7. The highest BCUT2D eigenvalue weighted by atomic mass is 35.5. The fourth-order valence-corrected chi connectivity index (χ4v) is 4.65. The van der Waals surface area contributed by atoms with Crippen LogP contribution in [-0.4, -0.2) is 82.4 Å². The van der Waals surface area contributed by atoms with Crippen molar-refractivity contribution in [2.24, 2.45) is 0 Å². The summed E-state index contributed by atoms with van der Waals surface area (Å²) in [7, 11) is 1.51. The molecule has 208 valence electrons. The second-order valence-electron chi connectivity index (χ2n) is 9.47. The monoisotopic (exact) mass is 566 g/mol. The van der Waals surface area contributed by atoms with Crippen molar-refractivity contribution in [2.75, 3.05) is 48.9 Å². The van der Waals surface area contributed by atoms with Crippen molar-refractivity contribution >= 4 is 46.5 Å². The van der Waals surface area contributed by atoms with Gasteiger partial charge in [0.1, 0.15) is 12.7 Å². The molecule has 1 aliphatic heterocycles. The molecule has 0 bridgehead atoms. The summed E-state index contributed by atoms with van der Waals surface area (Å²) in [6.07, 6.45) is 2.33. The lowest BCUT2D eigenvalue weighted by molar-refractivity contribution is 0.0785. The summed E-state index contributed by atoms with van der Waals surface area (Å²) in [4.78, 5) is 22.7. The van der Waals surface area contributed by atoms with Crippen LogP contribution in [0, 0.1) is 22.7 Å². The number of methoxy groups -OCH3 is 1. The maximum atomic E-state index is 12.0. The van der Waals surface area contributed by atoms with E-state index in [2.05, 4.69) is 43.2 Å². The molecule has 2 atom stereocenters. The summed E-state index contributed by atoms with van der Waals surface area (Å²) < 4.78 is 11.3. The first-order chi connectivity index (χ1) is 19.4. The van der Waals surface area contributed by atoms with Crippen molar-refractivity contribution in [3.63, 3.8) is 0 Å². The molecule has 3 heterocycles. The summed E-state index contributed by atoms with van der Waals surface area (Å²) in [5, 5.41) is 43.7. The predicted octanol–water partition coefficient (Wildman–Crippen LogP) is 2.15. The maximum absolute atomic E-state index is 12.0. The van der Waals surface area contributed by atoms with Gasteiger partial charge in [-0.05, 0) is 31.4 Å². The Bertz CT molecular complexity index is 1500. The number of benzene rings is 1. The number of anilines is 4. The van der Waals surface area contributed by atoms with Crippen molar-refractivity contribution in [3.05, 3.63) is 34.6 Å². The van der Waals surface area contributed by atoms with Gasteiger partial charge in [0.15, 0.2) is 17.2 Å². The number of aliphatic hydroxyl groups excluding tert-OH is 1. The number of carbonyl (C=O) groups excluding carboxylic acids is 1. The number of alkyl carbamates (subject to hydrolysis) is 1. The van der Waals surface area contributed by atoms with Gasteiger partial charge in [-0.15, -0.1) is 5.10 Å². The minimum atomic E-state index is -0.908. The average Bonchev–Trinajstić information content (AvgIpc) is 3.66. The molecule has 1 amide bonds. The first-order valence-corrected chi connectivity index (χ1v) is 13.1. The largest absolute Gasteiger partial charge is 0.447 e. The van der Waals surface area contributed by atoms with E-state index in [0.717, 1.165) is 12.8 Å². The number of piperidine rings is 1. The average molecular weight is 567 g/mol. The quantitative estimate of drug-likeness (QED) is 0.277. The zero-order chi connectivity index (χ0) is 28.2. The van der Waals surface area contributed by atoms with E-state index < -0.39 is 18.2 Å². The summed E-state index contributed by atoms with van der Waals surface area (Å²) >= 11 is 6.81. The Balaban J connectivity index is 1.37. The first-order valence-electron chi connectivity index (χ1n) is 12.7. The van der Waals surface area contributed by atoms with Crippen LogP contribution in [0.1, 0.15) is 30.5 Å². The van der Waals surface area contributed by atoms with Crippen molar-refractivity contribution < 1.29 is 19.4 Å². The lowest BCUT2D eigenvalue weighted by Crippen LogP contribution is -2.54. The smallest absolute Gasteiger partial charge is 0.407 e. The minimum absolute atomic E-state index is 0.108. The number of rotatable bonds is 9. The number of amides is 1. The van der Waals surface area contributed by atoms with Gasteiger partial charge in [-0.3, -0.25) is 0 Å². The fourth-order valence-electron chi connectivity index (χ4n) is 4.37. The number of hydrogen-bond donors (Lipinski definition) is 4. The Hall–Kier alpha value is -4.37. The number of aromatic nitrogens is 4. The number of nitriles is 2. The summed E-state index contributed by atoms with van der Waals surface area (Å²) in [5.41, 5.74) is 1.91. The maximum Gasteiger partial charge on any atom is 0.407 e. The van der Waals surface area contributed by atoms with Gasteiger partial charge in [0, 0.05) is 26.2 Å². The van der Waals surface area contributed by atoms with E-state index in [1.54, 1.807) is 12.1 Å². The molecule has 2 unspecified atom stereocenters. The molecule has 1 saturated heterocycles. The molecule has 1 saturated carbocycles. The Labute approximate surface area is 234 Å². The molecule has 2 fully saturated rings. The van der Waals surface area contributed by atoms with Crippen LogP contribution in [0.25, 0.3) is 5.65 Å². The second kappa shape index (κ2) is 11.8. The molecule has 1 aromatic carbocycles. The molecule has 4 N–H and O–H groups in total.